The lowest BCUT2D eigenvalue weighted by Crippen LogP contribution is -2.11. The molecule has 0 spiro atoms. The molecule has 0 aliphatic carbocycles. The number of hydrogen-bond acceptors (Lipinski definition) is 4. The summed E-state index contributed by atoms with van der Waals surface area (Å²) in [6.45, 7) is 8.61. The molecule has 1 unspecified atom stereocenters. The monoisotopic (exact) mass is 394 g/mol. The zero-order valence-electron chi connectivity index (χ0n) is 16.8. The van der Waals surface area contributed by atoms with Gasteiger partial charge in [0.2, 0.25) is 0 Å². The third-order valence-corrected chi connectivity index (χ3v) is 5.88. The smallest absolute Gasteiger partial charge is 0.267 e. The molecule has 3 aromatic rings. The number of carbonyl (C=O) groups excluding carboxylic acids is 1. The number of rotatable bonds is 7. The van der Waals surface area contributed by atoms with Gasteiger partial charge in [0.25, 0.3) is 5.91 Å². The summed E-state index contributed by atoms with van der Waals surface area (Å²) in [6.07, 6.45) is 1.10. The van der Waals surface area contributed by atoms with Crippen LogP contribution in [0.1, 0.15) is 57.7 Å². The van der Waals surface area contributed by atoms with Crippen LogP contribution in [0.2, 0.25) is 0 Å². The third-order valence-electron chi connectivity index (χ3n) is 4.75. The van der Waals surface area contributed by atoms with Gasteiger partial charge in [0.05, 0.1) is 5.69 Å². The molecule has 146 valence electrons. The summed E-state index contributed by atoms with van der Waals surface area (Å²) in [7, 11) is 0. The predicted molar refractivity (Wildman–Crippen MR) is 115 cm³/mol. The number of hydrogen-bond donors (Lipinski definition) is 1. The first-order chi connectivity index (χ1) is 13.5. The van der Waals surface area contributed by atoms with Gasteiger partial charge in [-0.1, -0.05) is 38.1 Å². The number of ether oxygens (including phenoxy) is 1. The Kier molecular flexibility index (Phi) is 6.47. The highest BCUT2D eigenvalue weighted by Crippen LogP contribution is 2.24. The topological polar surface area (TPSA) is 51.2 Å². The largest absolute Gasteiger partial charge is 0.486 e. The van der Waals surface area contributed by atoms with E-state index in [-0.39, 0.29) is 5.91 Å². The van der Waals surface area contributed by atoms with Crippen molar-refractivity contribution in [3.8, 4) is 5.75 Å². The molecule has 1 amide bonds. The minimum absolute atomic E-state index is 0.131. The fourth-order valence-electron chi connectivity index (χ4n) is 2.89. The van der Waals surface area contributed by atoms with Crippen molar-refractivity contribution < 1.29 is 9.53 Å². The van der Waals surface area contributed by atoms with Crippen LogP contribution in [0.15, 0.2) is 48.5 Å². The summed E-state index contributed by atoms with van der Waals surface area (Å²) in [5.74, 6) is 1.19. The summed E-state index contributed by atoms with van der Waals surface area (Å²) in [4.78, 5) is 17.8. The molecule has 0 fully saturated rings. The standard InChI is InChI=1S/C23H26N2O2S/c1-5-16(3)18-9-11-19(12-10-18)25-23(26)22-17(4)24-21(28-22)14-27-20-8-6-7-15(2)13-20/h6-13,16H,5,14H2,1-4H3,(H,25,26). The van der Waals surface area contributed by atoms with Crippen molar-refractivity contribution >= 4 is 22.9 Å². The van der Waals surface area contributed by atoms with Gasteiger partial charge in [-0.3, -0.25) is 4.79 Å². The van der Waals surface area contributed by atoms with E-state index in [9.17, 15) is 4.79 Å². The van der Waals surface area contributed by atoms with Crippen LogP contribution in [-0.4, -0.2) is 10.9 Å². The van der Waals surface area contributed by atoms with Crippen LogP contribution >= 0.6 is 11.3 Å². The molecule has 1 N–H and O–H groups in total. The maximum atomic E-state index is 12.7. The van der Waals surface area contributed by atoms with Gasteiger partial charge in [0.15, 0.2) is 0 Å². The number of nitrogens with zero attached hydrogens (tertiary/aromatic N) is 1. The Hall–Kier alpha value is -2.66. The first-order valence-corrected chi connectivity index (χ1v) is 10.3. The molecule has 0 saturated heterocycles. The maximum absolute atomic E-state index is 12.7. The summed E-state index contributed by atoms with van der Waals surface area (Å²) in [6, 6.07) is 16.0. The maximum Gasteiger partial charge on any atom is 0.267 e. The van der Waals surface area contributed by atoms with Crippen LogP contribution < -0.4 is 10.1 Å². The molecule has 4 nitrogen and oxygen atoms in total. The van der Waals surface area contributed by atoms with Crippen molar-refractivity contribution in [2.75, 3.05) is 5.32 Å². The Balaban J connectivity index is 1.64. The number of nitrogens with one attached hydrogen (secondary N) is 1. The molecule has 5 heteroatoms. The molecule has 1 aromatic heterocycles. The van der Waals surface area contributed by atoms with Gasteiger partial charge in [0.1, 0.15) is 22.2 Å². The Morgan fingerprint density at radius 2 is 1.93 bits per heavy atom. The fourth-order valence-corrected chi connectivity index (χ4v) is 3.77. The van der Waals surface area contributed by atoms with Gasteiger partial charge in [-0.05, 0) is 61.6 Å². The SMILES string of the molecule is CCC(C)c1ccc(NC(=O)c2sc(COc3cccc(C)c3)nc2C)cc1. The molecule has 28 heavy (non-hydrogen) atoms. The van der Waals surface area contributed by atoms with Gasteiger partial charge in [-0.25, -0.2) is 4.98 Å². The average molecular weight is 395 g/mol. The number of aryl methyl sites for hydroxylation is 2. The lowest BCUT2D eigenvalue weighted by molar-refractivity contribution is 0.103. The second-order valence-electron chi connectivity index (χ2n) is 7.01. The van der Waals surface area contributed by atoms with E-state index >= 15 is 0 Å². The summed E-state index contributed by atoms with van der Waals surface area (Å²) < 4.78 is 5.80. The predicted octanol–water partition coefficient (Wildman–Crippen LogP) is 6.10. The van der Waals surface area contributed by atoms with E-state index in [0.29, 0.717) is 17.4 Å². The molecular weight excluding hydrogens is 368 g/mol. The number of aromatic nitrogens is 1. The lowest BCUT2D eigenvalue weighted by atomic mass is 9.99. The van der Waals surface area contributed by atoms with Crippen molar-refractivity contribution in [1.82, 2.24) is 4.98 Å². The Morgan fingerprint density at radius 1 is 1.18 bits per heavy atom. The van der Waals surface area contributed by atoms with Crippen molar-refractivity contribution in [3.05, 3.63) is 75.2 Å². The van der Waals surface area contributed by atoms with Crippen LogP contribution in [-0.2, 0) is 6.61 Å². The van der Waals surface area contributed by atoms with Gasteiger partial charge in [0, 0.05) is 5.69 Å². The second-order valence-corrected chi connectivity index (χ2v) is 8.10. The molecule has 1 atom stereocenters. The lowest BCUT2D eigenvalue weighted by Gasteiger charge is -2.10. The molecular formula is C23H26N2O2S. The Bertz CT molecular complexity index is 947. The normalized spacial score (nSPS) is 11.9. The van der Waals surface area contributed by atoms with E-state index in [0.717, 1.165) is 34.1 Å². The Morgan fingerprint density at radius 3 is 2.61 bits per heavy atom. The van der Waals surface area contributed by atoms with E-state index in [2.05, 4.69) is 36.3 Å². The highest BCUT2D eigenvalue weighted by molar-refractivity contribution is 7.13. The second kappa shape index (κ2) is 9.02. The molecule has 0 aliphatic rings. The molecule has 0 radical (unpaired) electrons. The fraction of sp³-hybridized carbons (Fsp3) is 0.304. The summed E-state index contributed by atoms with van der Waals surface area (Å²) in [5, 5.41) is 3.76. The van der Waals surface area contributed by atoms with E-state index < -0.39 is 0 Å². The third kappa shape index (κ3) is 4.98. The average Bonchev–Trinajstić information content (AvgIpc) is 3.07. The van der Waals surface area contributed by atoms with Gasteiger partial charge in [-0.15, -0.1) is 11.3 Å². The molecule has 0 aliphatic heterocycles. The molecule has 2 aromatic carbocycles. The van der Waals surface area contributed by atoms with Crippen LogP contribution in [0.4, 0.5) is 5.69 Å². The minimum Gasteiger partial charge on any atom is -0.486 e. The highest BCUT2D eigenvalue weighted by Gasteiger charge is 2.16. The van der Waals surface area contributed by atoms with E-state index in [1.54, 1.807) is 0 Å². The minimum atomic E-state index is -0.131. The first-order valence-electron chi connectivity index (χ1n) is 9.53. The molecule has 0 saturated carbocycles. The zero-order chi connectivity index (χ0) is 20.1. The van der Waals surface area contributed by atoms with Crippen LogP contribution in [0.25, 0.3) is 0 Å². The van der Waals surface area contributed by atoms with Crippen molar-refractivity contribution in [3.63, 3.8) is 0 Å². The highest BCUT2D eigenvalue weighted by atomic mass is 32.1. The molecule has 1 heterocycles. The van der Waals surface area contributed by atoms with Gasteiger partial charge < -0.3 is 10.1 Å². The van der Waals surface area contributed by atoms with Crippen molar-refractivity contribution in [2.24, 2.45) is 0 Å². The van der Waals surface area contributed by atoms with Crippen molar-refractivity contribution in [2.45, 2.75) is 46.6 Å². The first kappa shape index (κ1) is 20.1. The number of amides is 1. The number of anilines is 1. The van der Waals surface area contributed by atoms with E-state index in [1.165, 1.54) is 16.9 Å². The quantitative estimate of drug-likeness (QED) is 0.526. The van der Waals surface area contributed by atoms with Crippen LogP contribution in [0.3, 0.4) is 0 Å². The summed E-state index contributed by atoms with van der Waals surface area (Å²) in [5.41, 5.74) is 3.95. The van der Waals surface area contributed by atoms with Crippen molar-refractivity contribution in [1.29, 1.82) is 0 Å². The van der Waals surface area contributed by atoms with Crippen LogP contribution in [0.5, 0.6) is 5.75 Å². The number of benzene rings is 2. The Labute approximate surface area is 170 Å². The van der Waals surface area contributed by atoms with Gasteiger partial charge in [-0.2, -0.15) is 0 Å². The molecule has 0 bridgehead atoms. The van der Waals surface area contributed by atoms with E-state index in [1.807, 2.05) is 50.2 Å². The van der Waals surface area contributed by atoms with E-state index in [4.69, 9.17) is 4.74 Å². The summed E-state index contributed by atoms with van der Waals surface area (Å²) >= 11 is 1.37. The van der Waals surface area contributed by atoms with Crippen LogP contribution in [0, 0.1) is 13.8 Å². The zero-order valence-corrected chi connectivity index (χ0v) is 17.6. The van der Waals surface area contributed by atoms with Gasteiger partial charge >= 0.3 is 0 Å². The number of carbonyl (C=O) groups is 1. The molecule has 3 rings (SSSR count). The number of thiazole rings is 1.